The Morgan fingerprint density at radius 3 is 1.92 bits per heavy atom. The molecule has 7 heteroatoms. The van der Waals surface area contributed by atoms with Crippen LogP contribution in [0.5, 0.6) is 0 Å². The highest BCUT2D eigenvalue weighted by molar-refractivity contribution is 7.89. The molecule has 2 rings (SSSR count). The standard InChI is InChI=1S/C18H21NO5S/c1-18(2,12-20)11-19-25(23,24)16-9-7-14(8-10-16)13-3-5-15(6-4-13)17(21)22/h3-10,19-20H,11-12H2,1-2H3,(H,21,22). The molecule has 0 aliphatic heterocycles. The Morgan fingerprint density at radius 2 is 1.48 bits per heavy atom. The van der Waals surface area contributed by atoms with Crippen molar-refractivity contribution in [3.8, 4) is 11.1 Å². The van der Waals surface area contributed by atoms with Crippen molar-refractivity contribution in [1.29, 1.82) is 0 Å². The highest BCUT2D eigenvalue weighted by Gasteiger charge is 2.21. The van der Waals surface area contributed by atoms with E-state index in [0.29, 0.717) is 0 Å². The van der Waals surface area contributed by atoms with Gasteiger partial charge >= 0.3 is 5.97 Å². The molecule has 0 aliphatic rings. The lowest BCUT2D eigenvalue weighted by atomic mass is 9.96. The summed E-state index contributed by atoms with van der Waals surface area (Å²) in [5.74, 6) is -0.995. The van der Waals surface area contributed by atoms with Crippen LogP contribution in [0.15, 0.2) is 53.4 Å². The molecule has 0 amide bonds. The molecular weight excluding hydrogens is 342 g/mol. The number of hydrogen-bond acceptors (Lipinski definition) is 4. The van der Waals surface area contributed by atoms with Crippen LogP contribution in [-0.4, -0.2) is 37.8 Å². The van der Waals surface area contributed by atoms with Gasteiger partial charge in [-0.3, -0.25) is 0 Å². The van der Waals surface area contributed by atoms with E-state index in [2.05, 4.69) is 4.72 Å². The molecule has 0 saturated carbocycles. The van der Waals surface area contributed by atoms with E-state index in [-0.39, 0.29) is 23.6 Å². The third-order valence-corrected chi connectivity index (χ3v) is 5.22. The van der Waals surface area contributed by atoms with Crippen molar-refractivity contribution in [2.24, 2.45) is 5.41 Å². The summed E-state index contributed by atoms with van der Waals surface area (Å²) in [4.78, 5) is 11.0. The number of rotatable bonds is 7. The van der Waals surface area contributed by atoms with Gasteiger partial charge in [-0.1, -0.05) is 38.1 Å². The van der Waals surface area contributed by atoms with E-state index in [0.717, 1.165) is 11.1 Å². The first-order chi connectivity index (χ1) is 11.6. The molecule has 0 atom stereocenters. The van der Waals surface area contributed by atoms with E-state index in [1.165, 1.54) is 24.3 Å². The summed E-state index contributed by atoms with van der Waals surface area (Å²) < 4.78 is 27.1. The highest BCUT2D eigenvalue weighted by Crippen LogP contribution is 2.22. The second-order valence-corrected chi connectivity index (χ2v) is 8.32. The maximum Gasteiger partial charge on any atom is 0.335 e. The van der Waals surface area contributed by atoms with Crippen LogP contribution in [0.2, 0.25) is 0 Å². The lowest BCUT2D eigenvalue weighted by Crippen LogP contribution is -2.36. The van der Waals surface area contributed by atoms with Gasteiger partial charge in [0.2, 0.25) is 10.0 Å². The van der Waals surface area contributed by atoms with E-state index >= 15 is 0 Å². The van der Waals surface area contributed by atoms with Crippen LogP contribution in [0, 0.1) is 5.41 Å². The number of nitrogens with one attached hydrogen (secondary N) is 1. The fraction of sp³-hybridized carbons (Fsp3) is 0.278. The Hall–Kier alpha value is -2.22. The lowest BCUT2D eigenvalue weighted by Gasteiger charge is -2.21. The summed E-state index contributed by atoms with van der Waals surface area (Å²) in [6, 6.07) is 12.7. The van der Waals surface area contributed by atoms with Crippen molar-refractivity contribution in [2.45, 2.75) is 18.7 Å². The first-order valence-corrected chi connectivity index (χ1v) is 9.17. The van der Waals surface area contributed by atoms with Crippen molar-refractivity contribution in [2.75, 3.05) is 13.2 Å². The second-order valence-electron chi connectivity index (χ2n) is 6.55. The first kappa shape index (κ1) is 19.1. The maximum absolute atomic E-state index is 12.3. The average molecular weight is 363 g/mol. The molecule has 0 fully saturated rings. The molecule has 0 bridgehead atoms. The predicted octanol–water partition coefficient (Wildman–Crippen LogP) is 2.35. The van der Waals surface area contributed by atoms with Crippen LogP contribution in [0.3, 0.4) is 0 Å². The van der Waals surface area contributed by atoms with Gasteiger partial charge in [-0.25, -0.2) is 17.9 Å². The van der Waals surface area contributed by atoms with Gasteiger partial charge in [0.05, 0.1) is 10.5 Å². The molecule has 2 aromatic rings. The summed E-state index contributed by atoms with van der Waals surface area (Å²) in [7, 11) is -3.66. The van der Waals surface area contributed by atoms with Crippen molar-refractivity contribution >= 4 is 16.0 Å². The smallest absolute Gasteiger partial charge is 0.335 e. The van der Waals surface area contributed by atoms with E-state index in [1.807, 2.05) is 0 Å². The minimum absolute atomic E-state index is 0.124. The zero-order valence-corrected chi connectivity index (χ0v) is 14.9. The van der Waals surface area contributed by atoms with Gasteiger partial charge in [-0.2, -0.15) is 0 Å². The van der Waals surface area contributed by atoms with Gasteiger partial charge in [0.15, 0.2) is 0 Å². The van der Waals surface area contributed by atoms with Crippen LogP contribution in [0.4, 0.5) is 0 Å². The first-order valence-electron chi connectivity index (χ1n) is 7.69. The fourth-order valence-electron chi connectivity index (χ4n) is 2.06. The molecule has 0 heterocycles. The topological polar surface area (TPSA) is 104 Å². The van der Waals surface area contributed by atoms with Gasteiger partial charge < -0.3 is 10.2 Å². The quantitative estimate of drug-likeness (QED) is 0.700. The van der Waals surface area contributed by atoms with Crippen LogP contribution < -0.4 is 4.72 Å². The van der Waals surface area contributed by atoms with Gasteiger partial charge in [-0.15, -0.1) is 0 Å². The van der Waals surface area contributed by atoms with Crippen LogP contribution in [0.1, 0.15) is 24.2 Å². The molecule has 2 aromatic carbocycles. The number of sulfonamides is 1. The zero-order valence-electron chi connectivity index (χ0n) is 14.1. The SMILES string of the molecule is CC(C)(CO)CNS(=O)(=O)c1ccc(-c2ccc(C(=O)O)cc2)cc1. The minimum atomic E-state index is -3.66. The maximum atomic E-state index is 12.3. The fourth-order valence-corrected chi connectivity index (χ4v) is 3.30. The van der Waals surface area contributed by atoms with Gasteiger partial charge in [0.1, 0.15) is 0 Å². The molecule has 0 unspecified atom stereocenters. The number of hydrogen-bond donors (Lipinski definition) is 3. The molecule has 0 aromatic heterocycles. The zero-order chi connectivity index (χ0) is 18.7. The second kappa shape index (κ2) is 7.35. The number of carboxylic acid groups (broad SMARTS) is 1. The van der Waals surface area contributed by atoms with Crippen molar-refractivity contribution < 1.29 is 23.4 Å². The van der Waals surface area contributed by atoms with Crippen LogP contribution in [0.25, 0.3) is 11.1 Å². The van der Waals surface area contributed by atoms with Gasteiger partial charge in [0.25, 0.3) is 0 Å². The monoisotopic (exact) mass is 363 g/mol. The average Bonchev–Trinajstić information content (AvgIpc) is 2.60. The number of carboxylic acids is 1. The summed E-state index contributed by atoms with van der Waals surface area (Å²) in [5.41, 5.74) is 1.23. The summed E-state index contributed by atoms with van der Waals surface area (Å²) in [5, 5.41) is 18.1. The normalized spacial score (nSPS) is 12.1. The van der Waals surface area contributed by atoms with Gasteiger partial charge in [-0.05, 0) is 35.4 Å². The molecule has 0 aliphatic carbocycles. The molecule has 0 spiro atoms. The number of aromatic carboxylic acids is 1. The number of carbonyl (C=O) groups is 1. The lowest BCUT2D eigenvalue weighted by molar-refractivity contribution is 0.0697. The van der Waals surface area contributed by atoms with Crippen molar-refractivity contribution in [3.63, 3.8) is 0 Å². The molecule has 3 N–H and O–H groups in total. The summed E-state index contributed by atoms with van der Waals surface area (Å²) in [6.45, 7) is 3.53. The Balaban J connectivity index is 2.17. The number of benzene rings is 2. The Kier molecular flexibility index (Phi) is 5.62. The highest BCUT2D eigenvalue weighted by atomic mass is 32.2. The molecule has 134 valence electrons. The Morgan fingerprint density at radius 1 is 1.00 bits per heavy atom. The number of aliphatic hydroxyl groups excluding tert-OH is 1. The largest absolute Gasteiger partial charge is 0.478 e. The third kappa shape index (κ3) is 4.88. The van der Waals surface area contributed by atoms with E-state index < -0.39 is 21.4 Å². The summed E-state index contributed by atoms with van der Waals surface area (Å²) in [6.07, 6.45) is 0. The Labute approximate surface area is 147 Å². The Bertz CT molecular complexity index is 840. The predicted molar refractivity (Wildman–Crippen MR) is 94.9 cm³/mol. The molecule has 0 radical (unpaired) electrons. The van der Waals surface area contributed by atoms with E-state index in [4.69, 9.17) is 5.11 Å². The van der Waals surface area contributed by atoms with Crippen LogP contribution >= 0.6 is 0 Å². The minimum Gasteiger partial charge on any atom is -0.478 e. The molecule has 6 nitrogen and oxygen atoms in total. The van der Waals surface area contributed by atoms with E-state index in [9.17, 15) is 18.3 Å². The van der Waals surface area contributed by atoms with Crippen molar-refractivity contribution in [3.05, 3.63) is 54.1 Å². The van der Waals surface area contributed by atoms with Crippen LogP contribution in [-0.2, 0) is 10.0 Å². The molecule has 25 heavy (non-hydrogen) atoms. The molecule has 0 saturated heterocycles. The van der Waals surface area contributed by atoms with Crippen molar-refractivity contribution in [1.82, 2.24) is 4.72 Å². The third-order valence-electron chi connectivity index (χ3n) is 3.80. The summed E-state index contributed by atoms with van der Waals surface area (Å²) >= 11 is 0. The number of aliphatic hydroxyl groups is 1. The van der Waals surface area contributed by atoms with Gasteiger partial charge in [0, 0.05) is 18.6 Å². The van der Waals surface area contributed by atoms with E-state index in [1.54, 1.807) is 38.1 Å². The molecular formula is C18H21NO5S.